The number of nitrogens with one attached hydrogen (secondary N) is 1. The van der Waals surface area contributed by atoms with Gasteiger partial charge in [-0.3, -0.25) is 15.0 Å². The van der Waals surface area contributed by atoms with Crippen molar-refractivity contribution < 1.29 is 32.2 Å². The monoisotopic (exact) mass is 683 g/mol. The molecule has 3 fully saturated rings. The van der Waals surface area contributed by atoms with E-state index in [1.807, 2.05) is 12.1 Å². The van der Waals surface area contributed by atoms with Crippen molar-refractivity contribution in [3.05, 3.63) is 88.0 Å². The minimum absolute atomic E-state index is 0.0421. The van der Waals surface area contributed by atoms with Gasteiger partial charge in [0.1, 0.15) is 17.7 Å². The van der Waals surface area contributed by atoms with Crippen LogP contribution in [-0.4, -0.2) is 23.9 Å². The van der Waals surface area contributed by atoms with E-state index in [2.05, 4.69) is 26.0 Å². The summed E-state index contributed by atoms with van der Waals surface area (Å²) in [5.41, 5.74) is 0.958. The van der Waals surface area contributed by atoms with Crippen molar-refractivity contribution in [3.8, 4) is 6.07 Å². The van der Waals surface area contributed by atoms with E-state index in [1.165, 1.54) is 23.5 Å². The van der Waals surface area contributed by atoms with E-state index in [0.29, 0.717) is 29.2 Å². The molecule has 2 heterocycles. The van der Waals surface area contributed by atoms with E-state index >= 15 is 0 Å². The number of carbonyl (C=O) groups is 2. The summed E-state index contributed by atoms with van der Waals surface area (Å²) in [6.07, 6.45) is 3.38. The van der Waals surface area contributed by atoms with Crippen LogP contribution >= 0.6 is 0 Å². The number of hydrogen-bond acceptors (Lipinski definition) is 6. The molecule has 6 aliphatic rings. The molecule has 8 rings (SSSR count). The van der Waals surface area contributed by atoms with Gasteiger partial charge in [-0.15, -0.1) is 0 Å². The van der Waals surface area contributed by atoms with Crippen LogP contribution in [0.5, 0.6) is 0 Å². The minimum Gasteiger partial charge on any atom is -0.462 e. The quantitative estimate of drug-likeness (QED) is 0.259. The molecule has 7 nitrogen and oxygen atoms in total. The fraction of sp³-hybridized carbons (Fsp3) is 0.500. The van der Waals surface area contributed by atoms with Gasteiger partial charge in [0.25, 0.3) is 5.91 Å². The molecule has 0 radical (unpaired) electrons. The number of para-hydroxylation sites is 1. The van der Waals surface area contributed by atoms with Gasteiger partial charge in [0.05, 0.1) is 17.8 Å². The summed E-state index contributed by atoms with van der Waals surface area (Å²) in [5, 5.41) is 19.6. The fourth-order valence-electron chi connectivity index (χ4n) is 11.2. The number of fused-ring (bicyclic) bond motifs is 10. The Labute approximate surface area is 289 Å². The predicted molar refractivity (Wildman–Crippen MR) is 178 cm³/mol. The zero-order valence-corrected chi connectivity index (χ0v) is 28.4. The topological polar surface area (TPSA) is 103 Å². The first-order chi connectivity index (χ1) is 23.7. The maximum atomic E-state index is 15.0. The Morgan fingerprint density at radius 3 is 2.60 bits per heavy atom. The van der Waals surface area contributed by atoms with Gasteiger partial charge in [0.2, 0.25) is 11.5 Å². The van der Waals surface area contributed by atoms with Crippen molar-refractivity contribution in [2.45, 2.75) is 90.1 Å². The molecule has 260 valence electrons. The van der Waals surface area contributed by atoms with Gasteiger partial charge in [0, 0.05) is 24.8 Å². The lowest BCUT2D eigenvalue weighted by molar-refractivity contribution is -0.148. The van der Waals surface area contributed by atoms with Crippen molar-refractivity contribution >= 4 is 23.5 Å². The number of nitriles is 1. The Morgan fingerprint density at radius 2 is 1.86 bits per heavy atom. The molecule has 0 aromatic heterocycles. The number of amides is 1. The Hall–Kier alpha value is -4.39. The molecular weight excluding hydrogens is 643 g/mol. The second-order valence-electron chi connectivity index (χ2n) is 15.7. The first-order valence-corrected chi connectivity index (χ1v) is 17.6. The maximum Gasteiger partial charge on any atom is 0.416 e. The largest absolute Gasteiger partial charge is 0.462 e. The second kappa shape index (κ2) is 11.1. The summed E-state index contributed by atoms with van der Waals surface area (Å²) in [4.78, 5) is 28.2. The predicted octanol–water partition coefficient (Wildman–Crippen LogP) is 8.40. The van der Waals surface area contributed by atoms with Crippen molar-refractivity contribution in [2.75, 3.05) is 4.90 Å². The number of hydrogen-bond donors (Lipinski definition) is 1. The highest BCUT2D eigenvalue weighted by molar-refractivity contribution is 6.11. The van der Waals surface area contributed by atoms with Crippen LogP contribution in [0.1, 0.15) is 82.4 Å². The molecule has 8 atom stereocenters. The minimum atomic E-state index is -4.53. The van der Waals surface area contributed by atoms with Crippen LogP contribution in [0.25, 0.3) is 0 Å². The van der Waals surface area contributed by atoms with Crippen molar-refractivity contribution in [1.82, 2.24) is 0 Å². The van der Waals surface area contributed by atoms with Gasteiger partial charge < -0.3 is 14.4 Å². The summed E-state index contributed by atoms with van der Waals surface area (Å²) in [5.74, 6) is -0.730. The smallest absolute Gasteiger partial charge is 0.416 e. The zero-order valence-electron chi connectivity index (χ0n) is 28.4. The van der Waals surface area contributed by atoms with Crippen LogP contribution in [0.2, 0.25) is 0 Å². The fourth-order valence-corrected chi connectivity index (χ4v) is 11.2. The molecule has 0 bridgehead atoms. The summed E-state index contributed by atoms with van der Waals surface area (Å²) in [7, 11) is 0. The number of rotatable bonds is 3. The normalized spacial score (nSPS) is 35.7. The highest BCUT2D eigenvalue weighted by Gasteiger charge is 2.70. The average Bonchev–Trinajstić information content (AvgIpc) is 3.50. The van der Waals surface area contributed by atoms with Crippen LogP contribution in [0, 0.1) is 51.2 Å². The highest BCUT2D eigenvalue weighted by atomic mass is 19.4. The summed E-state index contributed by atoms with van der Waals surface area (Å²) >= 11 is 0. The average molecular weight is 684 g/mol. The van der Waals surface area contributed by atoms with Crippen LogP contribution in [0.15, 0.2) is 71.3 Å². The molecule has 0 saturated heterocycles. The van der Waals surface area contributed by atoms with E-state index in [4.69, 9.17) is 14.9 Å². The van der Waals surface area contributed by atoms with Crippen molar-refractivity contribution in [3.63, 3.8) is 0 Å². The van der Waals surface area contributed by atoms with Gasteiger partial charge in [-0.25, -0.2) is 0 Å². The first kappa shape index (κ1) is 32.8. The Morgan fingerprint density at radius 1 is 1.10 bits per heavy atom. The number of allylic oxidation sites excluding steroid dienone is 1. The molecular formula is C40H40F3N3O4. The maximum absolute atomic E-state index is 15.0. The number of anilines is 1. The van der Waals surface area contributed by atoms with E-state index in [9.17, 15) is 28.0 Å². The molecule has 10 heteroatoms. The zero-order chi connectivity index (χ0) is 35.4. The van der Waals surface area contributed by atoms with Crippen LogP contribution < -0.4 is 4.90 Å². The van der Waals surface area contributed by atoms with Gasteiger partial charge in [-0.2, -0.15) is 18.4 Å². The van der Waals surface area contributed by atoms with Crippen LogP contribution in [-0.2, 0) is 37.4 Å². The molecule has 5 unspecified atom stereocenters. The molecule has 4 aliphatic carbocycles. The lowest BCUT2D eigenvalue weighted by Crippen LogP contribution is -2.52. The third-order valence-corrected chi connectivity index (χ3v) is 13.3. The summed E-state index contributed by atoms with van der Waals surface area (Å²) in [6, 6.07) is 14.5. The third-order valence-electron chi connectivity index (χ3n) is 13.3. The number of nitrogens with zero attached hydrogens (tertiary/aromatic N) is 2. The van der Waals surface area contributed by atoms with Crippen LogP contribution in [0.3, 0.4) is 0 Å². The molecule has 50 heavy (non-hydrogen) atoms. The van der Waals surface area contributed by atoms with Crippen molar-refractivity contribution in [1.29, 1.82) is 10.7 Å². The van der Waals surface area contributed by atoms with Gasteiger partial charge >= 0.3 is 12.1 Å². The van der Waals surface area contributed by atoms with Gasteiger partial charge in [0.15, 0.2) is 0 Å². The van der Waals surface area contributed by atoms with Gasteiger partial charge in [-0.1, -0.05) is 55.8 Å². The third kappa shape index (κ3) is 4.50. The van der Waals surface area contributed by atoms with Crippen LogP contribution in [0.4, 0.5) is 18.9 Å². The lowest BCUT2D eigenvalue weighted by atomic mass is 9.47. The number of halogens is 3. The number of alkyl halides is 3. The molecule has 2 aromatic rings. The standard InChI is InChI=1S/C40H40F3N3O4/c1-22(47)49-26-13-15-37(2)24(18-26)11-12-27-29(37)14-16-38(3)31(27)19-32-34(38)28(20-44)35(45)50-39(32)30-9-4-5-10-33(30)46(36(39)48)21-23-7-6-8-25(17-23)40(41,42)43/h4-11,17,26-27,29,31-32,45H,12-16,18-19,21H2,1-3H3/t26-,27?,29?,31?,32?,37-,38-,39?/m0/s1. The molecule has 1 N–H and O–H groups in total. The Bertz CT molecular complexity index is 1950. The summed E-state index contributed by atoms with van der Waals surface area (Å²) in [6.45, 7) is 5.92. The number of carbonyl (C=O) groups excluding carboxylic acids is 2. The summed E-state index contributed by atoms with van der Waals surface area (Å²) < 4.78 is 53.0. The van der Waals surface area contributed by atoms with E-state index in [0.717, 1.165) is 56.2 Å². The number of esters is 1. The molecule has 1 amide bonds. The van der Waals surface area contributed by atoms with E-state index in [1.54, 1.807) is 18.2 Å². The molecule has 1 spiro atoms. The second-order valence-corrected chi connectivity index (χ2v) is 15.7. The lowest BCUT2D eigenvalue weighted by Gasteiger charge is -2.57. The SMILES string of the molecule is CC(=O)O[C@H]1CC[C@@]2(C)C(=CCC3C2CC[C@]2(C)C4=C(C#N)C(=N)OC5(C(=O)N(Cc6cccc(C(F)(F)F)c6)c6ccccc65)C4CC32)C1. The Kier molecular flexibility index (Phi) is 7.25. The first-order valence-electron chi connectivity index (χ1n) is 17.6. The van der Waals surface area contributed by atoms with E-state index < -0.39 is 34.6 Å². The van der Waals surface area contributed by atoms with Gasteiger partial charge in [-0.05, 0) is 96.4 Å². The number of ether oxygens (including phenoxy) is 2. The highest BCUT2D eigenvalue weighted by Crippen LogP contribution is 2.71. The Balaban J connectivity index is 1.19. The molecule has 2 aliphatic heterocycles. The van der Waals surface area contributed by atoms with Crippen molar-refractivity contribution in [2.24, 2.45) is 34.5 Å². The molecule has 3 saturated carbocycles. The molecule has 2 aromatic carbocycles. The number of benzene rings is 2. The van der Waals surface area contributed by atoms with E-state index in [-0.39, 0.29) is 47.3 Å².